The minimum absolute atomic E-state index is 2.61. The summed E-state index contributed by atoms with van der Waals surface area (Å²) in [5.41, 5.74) is 0. The third kappa shape index (κ3) is 77800. The summed E-state index contributed by atoms with van der Waals surface area (Å²) >= 11 is -2.61. The van der Waals surface area contributed by atoms with Crippen molar-refractivity contribution in [1.82, 2.24) is 0 Å². The maximum absolute atomic E-state index is 8.74. The quantitative estimate of drug-likeness (QED) is 0.278. The molecular formula is H4O7S2. The average Bonchev–Trinajstić information content (AvgIpc) is 1.19. The van der Waals surface area contributed by atoms with E-state index in [0.29, 0.717) is 0 Å². The predicted octanol–water partition coefficient (Wildman–Crippen LogP) is -0.972. The van der Waals surface area contributed by atoms with Gasteiger partial charge in [0.25, 0.3) is 11.4 Å². The summed E-state index contributed by atoms with van der Waals surface area (Å²) in [5.74, 6) is 0. The molecule has 0 aromatic heterocycles. The van der Waals surface area contributed by atoms with Gasteiger partial charge in [-0.3, -0.25) is 18.2 Å². The Balaban J connectivity index is 0. The largest absolute Gasteiger partial charge is 0.394 e. The van der Waals surface area contributed by atoms with Crippen LogP contribution in [0.1, 0.15) is 0 Å². The summed E-state index contributed by atoms with van der Waals surface area (Å²) in [6.45, 7) is 0. The topological polar surface area (TPSA) is 132 Å². The molecule has 0 radical (unpaired) electrons. The van der Waals surface area contributed by atoms with Crippen LogP contribution >= 0.6 is 0 Å². The molecule has 9 heteroatoms. The molecule has 0 spiro atoms. The molecule has 0 amide bonds. The zero-order chi connectivity index (χ0) is 8.08. The van der Waals surface area contributed by atoms with Crippen LogP contribution in [0.4, 0.5) is 0 Å². The Morgan fingerprint density at radius 3 is 1.11 bits per heavy atom. The molecular weight excluding hydrogens is 176 g/mol. The number of hydrogen-bond acceptors (Lipinski definition) is 3. The lowest BCUT2D eigenvalue weighted by Crippen LogP contribution is -1.89. The molecule has 0 aromatic carbocycles. The third-order valence-electron chi connectivity index (χ3n) is 0. The second-order valence-electron chi connectivity index (χ2n) is 0.679. The summed E-state index contributed by atoms with van der Waals surface area (Å²) in [6, 6.07) is 0. The van der Waals surface area contributed by atoms with E-state index in [0.717, 1.165) is 0 Å². The lowest BCUT2D eigenvalue weighted by molar-refractivity contribution is 0.381. The van der Waals surface area contributed by atoms with Gasteiger partial charge in [-0.2, -0.15) is 12.6 Å². The van der Waals surface area contributed by atoms with Gasteiger partial charge in [0.2, 0.25) is 0 Å². The summed E-state index contributed by atoms with van der Waals surface area (Å²) in [5, 5.41) is 0. The molecule has 0 saturated carbocycles. The van der Waals surface area contributed by atoms with Crippen molar-refractivity contribution in [2.45, 2.75) is 0 Å². The molecule has 0 unspecified atom stereocenters. The van der Waals surface area contributed by atoms with Crippen LogP contribution in [0, 0.1) is 0 Å². The van der Waals surface area contributed by atoms with Crippen LogP contribution in [-0.4, -0.2) is 30.8 Å². The molecule has 0 heterocycles. The maximum Gasteiger partial charge on any atom is 0.394 e. The van der Waals surface area contributed by atoms with Crippen molar-refractivity contribution in [3.63, 3.8) is 0 Å². The zero-order valence-corrected chi connectivity index (χ0v) is 5.46. The van der Waals surface area contributed by atoms with E-state index in [9.17, 15) is 0 Å². The van der Waals surface area contributed by atoms with Crippen LogP contribution in [0.5, 0.6) is 0 Å². The smallest absolute Gasteiger partial charge is 0.284 e. The molecule has 0 rings (SSSR count). The van der Waals surface area contributed by atoms with Gasteiger partial charge >= 0.3 is 10.4 Å². The normalized spacial score (nSPS) is 10.3. The lowest BCUT2D eigenvalue weighted by Gasteiger charge is -1.68. The monoisotopic (exact) mass is 180 g/mol. The first-order chi connectivity index (χ1) is 3.73. The van der Waals surface area contributed by atoms with E-state index in [1.54, 1.807) is 0 Å². The lowest BCUT2D eigenvalue weighted by atomic mass is 15.8. The van der Waals surface area contributed by atoms with Crippen LogP contribution in [0.15, 0.2) is 0 Å². The van der Waals surface area contributed by atoms with Gasteiger partial charge in [0.05, 0.1) is 0 Å². The molecule has 58 valence electrons. The number of rotatable bonds is 0. The fourth-order valence-corrected chi connectivity index (χ4v) is 0. The van der Waals surface area contributed by atoms with E-state index in [-0.39, 0.29) is 0 Å². The first-order valence-corrected chi connectivity index (χ1v) is 3.69. The molecule has 0 aromatic rings. The fraction of sp³-hybridized carbons (Fsp3) is 0. The van der Waals surface area contributed by atoms with Gasteiger partial charge in [0.1, 0.15) is 0 Å². The second kappa shape index (κ2) is 4.78. The Kier molecular flexibility index (Phi) is 6.22. The van der Waals surface area contributed by atoms with Crippen molar-refractivity contribution < 1.29 is 30.8 Å². The van der Waals surface area contributed by atoms with E-state index < -0.39 is 21.8 Å². The van der Waals surface area contributed by atoms with Gasteiger partial charge in [-0.05, 0) is 0 Å². The SMILES string of the molecule is O=S(=O)(O)O.O=S(O)O. The van der Waals surface area contributed by atoms with Crippen molar-refractivity contribution in [3.05, 3.63) is 0 Å². The summed E-state index contributed by atoms with van der Waals surface area (Å²) < 4.78 is 54.4. The van der Waals surface area contributed by atoms with E-state index in [4.69, 9.17) is 30.8 Å². The molecule has 0 atom stereocenters. The molecule has 9 heavy (non-hydrogen) atoms. The highest BCUT2D eigenvalue weighted by molar-refractivity contribution is 7.79. The zero-order valence-electron chi connectivity index (χ0n) is 3.83. The average molecular weight is 180 g/mol. The van der Waals surface area contributed by atoms with Crippen LogP contribution in [0.3, 0.4) is 0 Å². The first kappa shape index (κ1) is 11.7. The molecule has 0 aliphatic heterocycles. The summed E-state index contributed by atoms with van der Waals surface area (Å²) in [4.78, 5) is 0. The van der Waals surface area contributed by atoms with Crippen molar-refractivity contribution >= 4 is 21.8 Å². The Morgan fingerprint density at radius 1 is 1.11 bits per heavy atom. The van der Waals surface area contributed by atoms with Gasteiger partial charge in [0.15, 0.2) is 0 Å². The highest BCUT2D eigenvalue weighted by Gasteiger charge is 1.84. The van der Waals surface area contributed by atoms with Gasteiger partial charge in [-0.15, -0.1) is 0 Å². The molecule has 0 saturated heterocycles. The van der Waals surface area contributed by atoms with Crippen molar-refractivity contribution in [1.29, 1.82) is 0 Å². The highest BCUT2D eigenvalue weighted by atomic mass is 32.3. The van der Waals surface area contributed by atoms with Crippen molar-refractivity contribution in [2.24, 2.45) is 0 Å². The standard InChI is InChI=1S/H2O4S.H2O3S/c1-5(2,3)4;1-4(2)3/h(H2,1,2,3,4);(H2,1,2,3). The van der Waals surface area contributed by atoms with Gasteiger partial charge in [-0.1, -0.05) is 0 Å². The predicted molar refractivity (Wildman–Crippen MR) is 27.6 cm³/mol. The second-order valence-corrected chi connectivity index (χ2v) is 2.04. The minimum atomic E-state index is -4.67. The molecule has 0 aliphatic rings. The summed E-state index contributed by atoms with van der Waals surface area (Å²) in [6.07, 6.45) is 0. The molecule has 0 aliphatic carbocycles. The van der Waals surface area contributed by atoms with Crippen LogP contribution in [-0.2, 0) is 21.8 Å². The highest BCUT2D eigenvalue weighted by Crippen LogP contribution is 1.59. The Morgan fingerprint density at radius 2 is 1.11 bits per heavy atom. The van der Waals surface area contributed by atoms with Gasteiger partial charge in [0, 0.05) is 0 Å². The van der Waals surface area contributed by atoms with Gasteiger partial charge in [-0.25, -0.2) is 0 Å². The first-order valence-electron chi connectivity index (χ1n) is 1.23. The molecule has 0 bridgehead atoms. The van der Waals surface area contributed by atoms with E-state index in [2.05, 4.69) is 0 Å². The summed E-state index contributed by atoms with van der Waals surface area (Å²) in [7, 11) is -4.67. The van der Waals surface area contributed by atoms with E-state index in [1.165, 1.54) is 0 Å². The van der Waals surface area contributed by atoms with Crippen LogP contribution in [0.2, 0.25) is 0 Å². The van der Waals surface area contributed by atoms with Crippen molar-refractivity contribution in [3.8, 4) is 0 Å². The third-order valence-corrected chi connectivity index (χ3v) is 0. The molecule has 7 nitrogen and oxygen atoms in total. The van der Waals surface area contributed by atoms with Crippen LogP contribution < -0.4 is 0 Å². The molecule has 0 fully saturated rings. The Bertz CT molecular complexity index is 149. The molecule has 4 N–H and O–H groups in total. The van der Waals surface area contributed by atoms with Crippen molar-refractivity contribution in [2.75, 3.05) is 0 Å². The van der Waals surface area contributed by atoms with E-state index in [1.807, 2.05) is 0 Å². The maximum atomic E-state index is 8.74. The van der Waals surface area contributed by atoms with Crippen LogP contribution in [0.25, 0.3) is 0 Å². The fourth-order valence-electron chi connectivity index (χ4n) is 0. The number of hydrogen-bond donors (Lipinski definition) is 4. The van der Waals surface area contributed by atoms with Gasteiger partial charge < -0.3 is 0 Å². The van der Waals surface area contributed by atoms with E-state index >= 15 is 0 Å². The minimum Gasteiger partial charge on any atom is -0.284 e. The Hall–Kier alpha value is -0.0600. The Labute approximate surface area is 53.4 Å².